The Kier molecular flexibility index (Phi) is 7.29. The van der Waals surface area contributed by atoms with Crippen LogP contribution in [0.2, 0.25) is 0 Å². The third-order valence-electron chi connectivity index (χ3n) is 9.03. The maximum atomic E-state index is 14.2. The standard InChI is InChI=1S/C32H36N2O5/c1-18-7-6-8-23-14-22(17-35)20(3)29-26(15-21-16-33-25-10-5-4-9-24(21)25)34-31(39)32(23,29)28(37)12-11-27(36)30(38)19(2)13-18/h4-6,8-10,13-14,16,18,20,23,26,29,33,35H,7,11-12,15,17H2,1-3H3,(H,34,39)/b8-6+,19-13+/t18-,20+,23-,26-,29-,32+/m0/s1. The second kappa shape index (κ2) is 10.5. The lowest BCUT2D eigenvalue weighted by Gasteiger charge is -2.45. The van der Waals surface area contributed by atoms with Gasteiger partial charge < -0.3 is 15.4 Å². The number of hydrogen-bond donors (Lipinski definition) is 3. The van der Waals surface area contributed by atoms with E-state index in [-0.39, 0.29) is 49.0 Å². The van der Waals surface area contributed by atoms with Gasteiger partial charge in [0.2, 0.25) is 17.5 Å². The van der Waals surface area contributed by atoms with Gasteiger partial charge in [-0.2, -0.15) is 0 Å². The molecule has 7 nitrogen and oxygen atoms in total. The van der Waals surface area contributed by atoms with Gasteiger partial charge in [-0.25, -0.2) is 0 Å². The number of para-hydroxylation sites is 1. The van der Waals surface area contributed by atoms with E-state index in [1.807, 2.05) is 62.5 Å². The lowest BCUT2D eigenvalue weighted by Crippen LogP contribution is -2.53. The van der Waals surface area contributed by atoms with E-state index in [2.05, 4.69) is 10.3 Å². The van der Waals surface area contributed by atoms with Crippen LogP contribution in [0.5, 0.6) is 0 Å². The fraction of sp³-hybridized carbons (Fsp3) is 0.438. The summed E-state index contributed by atoms with van der Waals surface area (Å²) < 4.78 is 0. The van der Waals surface area contributed by atoms with Crippen LogP contribution in [0.3, 0.4) is 0 Å². The topological polar surface area (TPSA) is 116 Å². The monoisotopic (exact) mass is 528 g/mol. The third-order valence-corrected chi connectivity index (χ3v) is 9.03. The van der Waals surface area contributed by atoms with Crippen LogP contribution in [0.4, 0.5) is 0 Å². The molecule has 0 unspecified atom stereocenters. The fourth-order valence-electron chi connectivity index (χ4n) is 7.10. The summed E-state index contributed by atoms with van der Waals surface area (Å²) in [7, 11) is 0. The Morgan fingerprint density at radius 2 is 1.82 bits per heavy atom. The van der Waals surface area contributed by atoms with E-state index in [4.69, 9.17) is 0 Å². The Labute approximate surface area is 228 Å². The number of Topliss-reactive ketones (excluding diaryl/α,β-unsaturated/α-hetero) is 3. The lowest BCUT2D eigenvalue weighted by molar-refractivity contribution is -0.146. The van der Waals surface area contributed by atoms with Crippen molar-refractivity contribution in [1.82, 2.24) is 10.3 Å². The molecule has 2 aromatic rings. The number of nitrogens with one attached hydrogen (secondary N) is 2. The van der Waals surface area contributed by atoms with Crippen LogP contribution in [-0.2, 0) is 25.6 Å². The van der Waals surface area contributed by atoms with Crippen molar-refractivity contribution >= 4 is 34.2 Å². The van der Waals surface area contributed by atoms with Gasteiger partial charge in [0.1, 0.15) is 11.2 Å². The zero-order chi connectivity index (χ0) is 27.9. The van der Waals surface area contributed by atoms with Gasteiger partial charge >= 0.3 is 0 Å². The first-order valence-electron chi connectivity index (χ1n) is 13.8. The van der Waals surface area contributed by atoms with Crippen molar-refractivity contribution in [2.75, 3.05) is 6.61 Å². The van der Waals surface area contributed by atoms with Gasteiger partial charge in [0.05, 0.1) is 6.61 Å². The van der Waals surface area contributed by atoms with Gasteiger partial charge in [0.25, 0.3) is 0 Å². The first kappa shape index (κ1) is 27.0. The summed E-state index contributed by atoms with van der Waals surface area (Å²) in [5.41, 5.74) is 1.81. The number of carbonyl (C=O) groups is 4. The molecule has 0 radical (unpaired) electrons. The van der Waals surface area contributed by atoms with E-state index in [0.29, 0.717) is 18.4 Å². The molecule has 1 aromatic heterocycles. The van der Waals surface area contributed by atoms with Crippen molar-refractivity contribution in [2.24, 2.45) is 29.1 Å². The Hall–Kier alpha value is -3.58. The number of aromatic nitrogens is 1. The molecule has 204 valence electrons. The summed E-state index contributed by atoms with van der Waals surface area (Å²) in [6.45, 7) is 5.40. The minimum absolute atomic E-state index is 0.00275. The minimum Gasteiger partial charge on any atom is -0.392 e. The fourth-order valence-corrected chi connectivity index (χ4v) is 7.10. The molecule has 3 aliphatic rings. The predicted octanol–water partition coefficient (Wildman–Crippen LogP) is 4.03. The number of H-pyrrole nitrogens is 1. The highest BCUT2D eigenvalue weighted by molar-refractivity contribution is 6.43. The van der Waals surface area contributed by atoms with E-state index in [1.165, 1.54) is 0 Å². The normalized spacial score (nSPS) is 34.1. The van der Waals surface area contributed by atoms with Crippen molar-refractivity contribution in [2.45, 2.75) is 52.5 Å². The number of aliphatic hydroxyl groups is 1. The lowest BCUT2D eigenvalue weighted by atomic mass is 9.54. The molecule has 2 aliphatic carbocycles. The van der Waals surface area contributed by atoms with Crippen molar-refractivity contribution in [3.05, 3.63) is 71.5 Å². The van der Waals surface area contributed by atoms with E-state index in [9.17, 15) is 24.3 Å². The van der Waals surface area contributed by atoms with Crippen LogP contribution in [-0.4, -0.2) is 46.0 Å². The maximum Gasteiger partial charge on any atom is 0.235 e. The van der Waals surface area contributed by atoms with E-state index in [1.54, 1.807) is 13.0 Å². The molecule has 6 atom stereocenters. The number of hydrogen-bond acceptors (Lipinski definition) is 5. The van der Waals surface area contributed by atoms with Crippen molar-refractivity contribution in [3.8, 4) is 0 Å². The summed E-state index contributed by atoms with van der Waals surface area (Å²) in [4.78, 5) is 57.0. The highest BCUT2D eigenvalue weighted by Crippen LogP contribution is 2.55. The van der Waals surface area contributed by atoms with Gasteiger partial charge in [-0.3, -0.25) is 19.2 Å². The molecule has 39 heavy (non-hydrogen) atoms. The molecule has 5 rings (SSSR count). The molecule has 1 saturated heterocycles. The second-order valence-electron chi connectivity index (χ2n) is 11.4. The molecular formula is C32H36N2O5. The molecule has 1 fully saturated rings. The van der Waals surface area contributed by atoms with Gasteiger partial charge in [-0.1, -0.05) is 56.4 Å². The van der Waals surface area contributed by atoms with Gasteiger partial charge in [0.15, 0.2) is 0 Å². The molecule has 1 aromatic carbocycles. The molecule has 7 heteroatoms. The molecule has 1 aliphatic heterocycles. The number of ketones is 3. The van der Waals surface area contributed by atoms with Crippen LogP contribution in [0.15, 0.2) is 65.9 Å². The average Bonchev–Trinajstić information content (AvgIpc) is 3.46. The van der Waals surface area contributed by atoms with Crippen LogP contribution in [0, 0.1) is 29.1 Å². The van der Waals surface area contributed by atoms with Crippen LogP contribution < -0.4 is 5.32 Å². The van der Waals surface area contributed by atoms with E-state index < -0.39 is 28.8 Å². The number of allylic oxidation sites excluding steroid dienone is 5. The number of rotatable bonds is 3. The Balaban J connectivity index is 1.60. The summed E-state index contributed by atoms with van der Waals surface area (Å²) in [5.74, 6) is -3.08. The zero-order valence-electron chi connectivity index (χ0n) is 22.7. The van der Waals surface area contributed by atoms with Gasteiger partial charge in [-0.05, 0) is 54.4 Å². The molecule has 0 saturated carbocycles. The summed E-state index contributed by atoms with van der Waals surface area (Å²) in [6, 6.07) is 7.62. The molecule has 1 spiro atoms. The van der Waals surface area contributed by atoms with Crippen molar-refractivity contribution < 1.29 is 24.3 Å². The maximum absolute atomic E-state index is 14.2. The van der Waals surface area contributed by atoms with Gasteiger partial charge in [0, 0.05) is 47.8 Å². The predicted molar refractivity (Wildman–Crippen MR) is 149 cm³/mol. The number of benzene rings is 1. The summed E-state index contributed by atoms with van der Waals surface area (Å²) in [5, 5.41) is 14.5. The Morgan fingerprint density at radius 3 is 2.59 bits per heavy atom. The van der Waals surface area contributed by atoms with Crippen LogP contribution in [0.1, 0.15) is 45.6 Å². The third kappa shape index (κ3) is 4.52. The van der Waals surface area contributed by atoms with E-state index in [0.717, 1.165) is 22.0 Å². The minimum atomic E-state index is -1.42. The summed E-state index contributed by atoms with van der Waals surface area (Å²) >= 11 is 0. The first-order chi connectivity index (χ1) is 18.7. The van der Waals surface area contributed by atoms with Crippen LogP contribution in [0.25, 0.3) is 10.9 Å². The van der Waals surface area contributed by atoms with Crippen LogP contribution >= 0.6 is 0 Å². The number of amides is 1. The van der Waals surface area contributed by atoms with Crippen molar-refractivity contribution in [3.63, 3.8) is 0 Å². The first-order valence-corrected chi connectivity index (χ1v) is 13.8. The summed E-state index contributed by atoms with van der Waals surface area (Å²) in [6.07, 6.45) is 10.2. The largest absolute Gasteiger partial charge is 0.392 e. The Bertz CT molecular complexity index is 1430. The Morgan fingerprint density at radius 1 is 1.05 bits per heavy atom. The number of fused-ring (bicyclic) bond motifs is 1. The quantitative estimate of drug-likeness (QED) is 0.316. The average molecular weight is 529 g/mol. The smallest absolute Gasteiger partial charge is 0.235 e. The molecular weight excluding hydrogens is 492 g/mol. The molecule has 3 N–H and O–H groups in total. The second-order valence-corrected chi connectivity index (χ2v) is 11.4. The van der Waals surface area contributed by atoms with E-state index >= 15 is 0 Å². The van der Waals surface area contributed by atoms with Gasteiger partial charge in [-0.15, -0.1) is 0 Å². The molecule has 1 amide bonds. The van der Waals surface area contributed by atoms with Crippen molar-refractivity contribution in [1.29, 1.82) is 0 Å². The molecule has 2 heterocycles. The zero-order valence-corrected chi connectivity index (χ0v) is 22.7. The molecule has 0 bridgehead atoms. The number of aliphatic hydroxyl groups excluding tert-OH is 1. The number of carbonyl (C=O) groups excluding carboxylic acids is 4. The SMILES string of the molecule is C/C1=C\[C@@H](C)C/C=C/[C@H]2C=C(CO)[C@@H](C)[C@H]3[C@H](Cc4c[nH]c5ccccc45)NC(=O)[C@]32C(=O)CCC(=O)C1=O. The number of aromatic amines is 1. The highest BCUT2D eigenvalue weighted by Gasteiger charge is 2.65. The highest BCUT2D eigenvalue weighted by atomic mass is 16.3.